The number of aliphatic hydroxyl groups is 1. The Morgan fingerprint density at radius 3 is 2.73 bits per heavy atom. The highest BCUT2D eigenvalue weighted by Crippen LogP contribution is 2.18. The summed E-state index contributed by atoms with van der Waals surface area (Å²) in [6.45, 7) is 1.42. The van der Waals surface area contributed by atoms with Crippen molar-refractivity contribution in [1.82, 2.24) is 0 Å². The summed E-state index contributed by atoms with van der Waals surface area (Å²) in [5, 5.41) is 17.9. The van der Waals surface area contributed by atoms with Crippen LogP contribution in [0.15, 0.2) is 12.1 Å². The number of methoxy groups -OCH3 is 1. The molecule has 78 valence electrons. The van der Waals surface area contributed by atoms with E-state index in [1.165, 1.54) is 7.11 Å². The van der Waals surface area contributed by atoms with Gasteiger partial charge in [-0.05, 0) is 24.6 Å². The number of aryl methyl sites for hydroxylation is 1. The number of rotatable bonds is 2. The lowest BCUT2D eigenvalue weighted by Crippen LogP contribution is -2.08. The molecule has 4 nitrogen and oxygen atoms in total. The fraction of sp³-hybridized carbons (Fsp3) is 0.273. The number of aliphatic hydroxyl groups excluding tert-OH is 1. The lowest BCUT2D eigenvalue weighted by Gasteiger charge is -2.08. The van der Waals surface area contributed by atoms with Gasteiger partial charge in [-0.2, -0.15) is 5.26 Å². The van der Waals surface area contributed by atoms with Crippen LogP contribution >= 0.6 is 0 Å². The largest absolute Gasteiger partial charge is 0.465 e. The highest BCUT2D eigenvalue weighted by Gasteiger charge is 2.15. The first kappa shape index (κ1) is 11.2. The van der Waals surface area contributed by atoms with Crippen LogP contribution in [0.2, 0.25) is 0 Å². The minimum Gasteiger partial charge on any atom is -0.465 e. The van der Waals surface area contributed by atoms with Crippen molar-refractivity contribution in [2.45, 2.75) is 13.5 Å². The van der Waals surface area contributed by atoms with Crippen LogP contribution in [0.3, 0.4) is 0 Å². The van der Waals surface area contributed by atoms with E-state index in [1.807, 2.05) is 6.07 Å². The van der Waals surface area contributed by atoms with Crippen molar-refractivity contribution in [1.29, 1.82) is 5.26 Å². The molecule has 0 aromatic heterocycles. The molecule has 1 aromatic carbocycles. The Hall–Kier alpha value is -1.86. The number of carbonyl (C=O) groups excluding carboxylic acids is 1. The van der Waals surface area contributed by atoms with Crippen molar-refractivity contribution in [3.63, 3.8) is 0 Å². The number of esters is 1. The van der Waals surface area contributed by atoms with Gasteiger partial charge in [0.25, 0.3) is 0 Å². The number of benzene rings is 1. The van der Waals surface area contributed by atoms with Gasteiger partial charge in [-0.25, -0.2) is 4.79 Å². The Morgan fingerprint density at radius 1 is 1.60 bits per heavy atom. The van der Waals surface area contributed by atoms with Crippen LogP contribution < -0.4 is 0 Å². The summed E-state index contributed by atoms with van der Waals surface area (Å²) < 4.78 is 4.57. The monoisotopic (exact) mass is 205 g/mol. The first-order valence-electron chi connectivity index (χ1n) is 4.36. The summed E-state index contributed by atoms with van der Waals surface area (Å²) >= 11 is 0. The minimum atomic E-state index is -0.542. The first-order valence-corrected chi connectivity index (χ1v) is 4.36. The zero-order valence-electron chi connectivity index (χ0n) is 8.57. The Bertz CT molecular complexity index is 432. The van der Waals surface area contributed by atoms with Crippen molar-refractivity contribution in [2.24, 2.45) is 0 Å². The van der Waals surface area contributed by atoms with E-state index in [4.69, 9.17) is 10.4 Å². The Kier molecular flexibility index (Phi) is 3.42. The van der Waals surface area contributed by atoms with Crippen molar-refractivity contribution >= 4 is 5.97 Å². The van der Waals surface area contributed by atoms with Gasteiger partial charge in [-0.3, -0.25) is 0 Å². The molecule has 0 atom stereocenters. The van der Waals surface area contributed by atoms with Crippen LogP contribution in [-0.2, 0) is 11.3 Å². The van der Waals surface area contributed by atoms with Gasteiger partial charge in [0.05, 0.1) is 30.9 Å². The molecule has 0 fully saturated rings. The average molecular weight is 205 g/mol. The zero-order chi connectivity index (χ0) is 11.4. The van der Waals surface area contributed by atoms with E-state index in [9.17, 15) is 4.79 Å². The van der Waals surface area contributed by atoms with Gasteiger partial charge < -0.3 is 9.84 Å². The van der Waals surface area contributed by atoms with Crippen LogP contribution in [0.1, 0.15) is 27.0 Å². The molecule has 1 rings (SSSR count). The fourth-order valence-corrected chi connectivity index (χ4v) is 1.38. The van der Waals surface area contributed by atoms with Crippen molar-refractivity contribution in [3.05, 3.63) is 34.4 Å². The van der Waals surface area contributed by atoms with E-state index < -0.39 is 5.97 Å². The summed E-state index contributed by atoms with van der Waals surface area (Å²) in [6.07, 6.45) is 0. The average Bonchev–Trinajstić information content (AvgIpc) is 2.26. The van der Waals surface area contributed by atoms with E-state index in [0.29, 0.717) is 11.1 Å². The SMILES string of the molecule is COC(=O)c1cc(C)cc(C#N)c1CO. The molecule has 0 saturated heterocycles. The smallest absolute Gasteiger partial charge is 0.338 e. The van der Waals surface area contributed by atoms with Crippen LogP contribution in [0.5, 0.6) is 0 Å². The molecular formula is C11H11NO3. The lowest BCUT2D eigenvalue weighted by atomic mass is 9.99. The van der Waals surface area contributed by atoms with E-state index >= 15 is 0 Å². The Morgan fingerprint density at radius 2 is 2.27 bits per heavy atom. The summed E-state index contributed by atoms with van der Waals surface area (Å²) in [7, 11) is 1.26. The molecular weight excluding hydrogens is 194 g/mol. The van der Waals surface area contributed by atoms with Crippen molar-refractivity contribution in [3.8, 4) is 6.07 Å². The van der Waals surface area contributed by atoms with Gasteiger partial charge in [-0.15, -0.1) is 0 Å². The van der Waals surface area contributed by atoms with Crippen molar-refractivity contribution in [2.75, 3.05) is 7.11 Å². The summed E-state index contributed by atoms with van der Waals surface area (Å²) in [5.41, 5.74) is 1.65. The maximum absolute atomic E-state index is 11.4. The van der Waals surface area contributed by atoms with Gasteiger partial charge in [0.1, 0.15) is 0 Å². The first-order chi connectivity index (χ1) is 7.13. The number of hydrogen-bond donors (Lipinski definition) is 1. The van der Waals surface area contributed by atoms with Crippen LogP contribution in [-0.4, -0.2) is 18.2 Å². The molecule has 0 spiro atoms. The summed E-state index contributed by atoms with van der Waals surface area (Å²) in [5.74, 6) is -0.542. The van der Waals surface area contributed by atoms with E-state index in [-0.39, 0.29) is 12.2 Å². The standard InChI is InChI=1S/C11H11NO3/c1-7-3-8(5-12)10(6-13)9(4-7)11(14)15-2/h3-4,13H,6H2,1-2H3. The third-order valence-electron chi connectivity index (χ3n) is 2.08. The third-order valence-corrected chi connectivity index (χ3v) is 2.08. The number of ether oxygens (including phenoxy) is 1. The lowest BCUT2D eigenvalue weighted by molar-refractivity contribution is 0.0597. The predicted molar refractivity (Wildman–Crippen MR) is 53.2 cm³/mol. The van der Waals surface area contributed by atoms with E-state index in [0.717, 1.165) is 5.56 Å². The molecule has 0 unspecified atom stereocenters. The molecule has 4 heteroatoms. The minimum absolute atomic E-state index is 0.247. The van der Waals surface area contributed by atoms with Crippen LogP contribution in [0, 0.1) is 18.3 Å². The third kappa shape index (κ3) is 2.14. The quantitative estimate of drug-likeness (QED) is 0.735. The molecule has 1 aromatic rings. The van der Waals surface area contributed by atoms with Crippen LogP contribution in [0.25, 0.3) is 0 Å². The molecule has 0 saturated carbocycles. The van der Waals surface area contributed by atoms with Gasteiger partial charge in [0.2, 0.25) is 0 Å². The molecule has 0 aliphatic carbocycles. The Balaban J connectivity index is 3.43. The van der Waals surface area contributed by atoms with Gasteiger partial charge in [0.15, 0.2) is 0 Å². The highest BCUT2D eigenvalue weighted by atomic mass is 16.5. The van der Waals surface area contributed by atoms with Gasteiger partial charge in [-0.1, -0.05) is 0 Å². The molecule has 15 heavy (non-hydrogen) atoms. The maximum Gasteiger partial charge on any atom is 0.338 e. The maximum atomic E-state index is 11.4. The molecule has 0 aliphatic heterocycles. The summed E-state index contributed by atoms with van der Waals surface area (Å²) in [4.78, 5) is 11.4. The topological polar surface area (TPSA) is 70.3 Å². The van der Waals surface area contributed by atoms with Crippen LogP contribution in [0.4, 0.5) is 0 Å². The second kappa shape index (κ2) is 4.58. The molecule has 0 amide bonds. The fourth-order valence-electron chi connectivity index (χ4n) is 1.38. The van der Waals surface area contributed by atoms with Gasteiger partial charge in [0, 0.05) is 5.56 Å². The van der Waals surface area contributed by atoms with E-state index in [2.05, 4.69) is 4.74 Å². The molecule has 0 bridgehead atoms. The number of nitriles is 1. The van der Waals surface area contributed by atoms with Gasteiger partial charge >= 0.3 is 5.97 Å². The Labute approximate surface area is 87.7 Å². The number of nitrogens with zero attached hydrogens (tertiary/aromatic N) is 1. The second-order valence-electron chi connectivity index (χ2n) is 3.10. The molecule has 0 aliphatic rings. The molecule has 0 radical (unpaired) electrons. The number of hydrogen-bond acceptors (Lipinski definition) is 4. The molecule has 0 heterocycles. The predicted octanol–water partition coefficient (Wildman–Crippen LogP) is 1.15. The second-order valence-corrected chi connectivity index (χ2v) is 3.10. The highest BCUT2D eigenvalue weighted by molar-refractivity contribution is 5.92. The molecule has 1 N–H and O–H groups in total. The normalized spacial score (nSPS) is 9.47. The zero-order valence-corrected chi connectivity index (χ0v) is 8.57. The van der Waals surface area contributed by atoms with Crippen molar-refractivity contribution < 1.29 is 14.6 Å². The summed E-state index contributed by atoms with van der Waals surface area (Å²) in [6, 6.07) is 5.16. The van der Waals surface area contributed by atoms with E-state index in [1.54, 1.807) is 19.1 Å². The number of carbonyl (C=O) groups is 1.